The quantitative estimate of drug-likeness (QED) is 0.636. The molecule has 2 aromatic carbocycles. The summed E-state index contributed by atoms with van der Waals surface area (Å²) in [6, 6.07) is 16.0. The van der Waals surface area contributed by atoms with E-state index in [-0.39, 0.29) is 10.6 Å². The fourth-order valence-electron chi connectivity index (χ4n) is 3.03. The molecule has 0 bridgehead atoms. The maximum atomic E-state index is 10.9. The van der Waals surface area contributed by atoms with Crippen LogP contribution in [0.15, 0.2) is 48.5 Å². The van der Waals surface area contributed by atoms with Crippen LogP contribution >= 0.6 is 0 Å². The highest BCUT2D eigenvalue weighted by Gasteiger charge is 2.27. The van der Waals surface area contributed by atoms with Gasteiger partial charge in [-0.1, -0.05) is 30.3 Å². The van der Waals surface area contributed by atoms with Crippen LogP contribution in [0.25, 0.3) is 0 Å². The Kier molecular flexibility index (Phi) is 3.60. The summed E-state index contributed by atoms with van der Waals surface area (Å²) in [7, 11) is 0. The lowest BCUT2D eigenvalue weighted by atomic mass is 10.1. The van der Waals surface area contributed by atoms with E-state index in [1.54, 1.807) is 12.1 Å². The zero-order valence-corrected chi connectivity index (χ0v) is 12.0. The molecule has 1 aliphatic rings. The Hall–Kier alpha value is -2.36. The number of hydrogen-bond donors (Lipinski definition) is 0. The highest BCUT2D eigenvalue weighted by atomic mass is 16.6. The van der Waals surface area contributed by atoms with Crippen molar-refractivity contribution in [3.63, 3.8) is 0 Å². The summed E-state index contributed by atoms with van der Waals surface area (Å²) in [5.74, 6) is 0. The van der Waals surface area contributed by atoms with Crippen molar-refractivity contribution in [3.05, 3.63) is 69.8 Å². The van der Waals surface area contributed by atoms with E-state index in [4.69, 9.17) is 0 Å². The second kappa shape index (κ2) is 5.56. The molecule has 0 aromatic heterocycles. The molecule has 0 aliphatic carbocycles. The van der Waals surface area contributed by atoms with Crippen LogP contribution in [0.5, 0.6) is 0 Å². The summed E-state index contributed by atoms with van der Waals surface area (Å²) < 4.78 is 0. The van der Waals surface area contributed by atoms with Crippen molar-refractivity contribution in [1.82, 2.24) is 0 Å². The molecule has 0 spiro atoms. The molecule has 0 saturated heterocycles. The van der Waals surface area contributed by atoms with Crippen LogP contribution in [-0.4, -0.2) is 17.5 Å². The first-order valence-corrected chi connectivity index (χ1v) is 7.23. The maximum absolute atomic E-state index is 10.9. The molecule has 0 saturated carbocycles. The number of fused-ring (bicyclic) bond motifs is 1. The minimum absolute atomic E-state index is 0.186. The van der Waals surface area contributed by atoms with E-state index in [0.29, 0.717) is 6.04 Å². The van der Waals surface area contributed by atoms with Gasteiger partial charge in [-0.2, -0.15) is 0 Å². The predicted octanol–water partition coefficient (Wildman–Crippen LogP) is 3.59. The molecule has 1 atom stereocenters. The van der Waals surface area contributed by atoms with Gasteiger partial charge in [-0.3, -0.25) is 10.1 Å². The van der Waals surface area contributed by atoms with Crippen LogP contribution in [-0.2, 0) is 12.8 Å². The standard InChI is InChI=1S/C17H18N2O2/c1-13-11-15-12-16(19(20)21)7-8-17(15)18(13)10-9-14-5-3-2-4-6-14/h2-8,12-13H,9-11H2,1H3/t13-/m1/s1. The molecule has 3 rings (SSSR count). The van der Waals surface area contributed by atoms with Crippen LogP contribution in [0.1, 0.15) is 18.1 Å². The fraction of sp³-hybridized carbons (Fsp3) is 0.294. The molecule has 108 valence electrons. The van der Waals surface area contributed by atoms with E-state index in [9.17, 15) is 10.1 Å². The van der Waals surface area contributed by atoms with Crippen molar-refractivity contribution in [2.24, 2.45) is 0 Å². The van der Waals surface area contributed by atoms with Gasteiger partial charge in [0.25, 0.3) is 5.69 Å². The highest BCUT2D eigenvalue weighted by molar-refractivity contribution is 5.62. The SMILES string of the molecule is C[C@@H]1Cc2cc([N+](=O)[O-])ccc2N1CCc1ccccc1. The average molecular weight is 282 g/mol. The Labute approximate surface area is 124 Å². The van der Waals surface area contributed by atoms with Gasteiger partial charge in [-0.05, 0) is 37.0 Å². The Morgan fingerprint density at radius 3 is 2.71 bits per heavy atom. The third-order valence-electron chi connectivity index (χ3n) is 4.11. The van der Waals surface area contributed by atoms with Gasteiger partial charge in [0.2, 0.25) is 0 Å². The summed E-state index contributed by atoms with van der Waals surface area (Å²) in [4.78, 5) is 12.9. The van der Waals surface area contributed by atoms with Gasteiger partial charge >= 0.3 is 0 Å². The summed E-state index contributed by atoms with van der Waals surface area (Å²) in [6.45, 7) is 3.12. The van der Waals surface area contributed by atoms with Gasteiger partial charge in [-0.25, -0.2) is 0 Å². The maximum Gasteiger partial charge on any atom is 0.269 e. The third-order valence-corrected chi connectivity index (χ3v) is 4.11. The Morgan fingerprint density at radius 2 is 2.00 bits per heavy atom. The van der Waals surface area contributed by atoms with Crippen molar-refractivity contribution in [1.29, 1.82) is 0 Å². The fourth-order valence-corrected chi connectivity index (χ4v) is 3.03. The first-order valence-electron chi connectivity index (χ1n) is 7.23. The number of nitro benzene ring substituents is 1. The summed E-state index contributed by atoms with van der Waals surface area (Å²) >= 11 is 0. The molecule has 0 unspecified atom stereocenters. The molecule has 21 heavy (non-hydrogen) atoms. The second-order valence-corrected chi connectivity index (χ2v) is 5.55. The Morgan fingerprint density at radius 1 is 1.24 bits per heavy atom. The first kappa shape index (κ1) is 13.6. The van der Waals surface area contributed by atoms with Gasteiger partial charge in [0.1, 0.15) is 0 Å². The van der Waals surface area contributed by atoms with Crippen LogP contribution in [0.2, 0.25) is 0 Å². The molecule has 1 aliphatic heterocycles. The van der Waals surface area contributed by atoms with Gasteiger partial charge < -0.3 is 4.90 Å². The lowest BCUT2D eigenvalue weighted by molar-refractivity contribution is -0.384. The van der Waals surface area contributed by atoms with E-state index in [2.05, 4.69) is 36.1 Å². The number of rotatable bonds is 4. The molecule has 0 fully saturated rings. The largest absolute Gasteiger partial charge is 0.368 e. The first-order chi connectivity index (χ1) is 10.1. The van der Waals surface area contributed by atoms with Crippen molar-refractivity contribution >= 4 is 11.4 Å². The monoisotopic (exact) mass is 282 g/mol. The molecule has 4 heteroatoms. The molecule has 1 heterocycles. The van der Waals surface area contributed by atoms with E-state index in [0.717, 1.165) is 30.6 Å². The minimum Gasteiger partial charge on any atom is -0.368 e. The number of nitrogens with zero attached hydrogens (tertiary/aromatic N) is 2. The van der Waals surface area contributed by atoms with Crippen molar-refractivity contribution in [2.45, 2.75) is 25.8 Å². The van der Waals surface area contributed by atoms with Crippen LogP contribution < -0.4 is 4.90 Å². The molecular formula is C17H18N2O2. The van der Waals surface area contributed by atoms with Crippen LogP contribution in [0, 0.1) is 10.1 Å². The number of benzene rings is 2. The molecule has 2 aromatic rings. The lowest BCUT2D eigenvalue weighted by Crippen LogP contribution is -2.31. The van der Waals surface area contributed by atoms with Crippen LogP contribution in [0.4, 0.5) is 11.4 Å². The molecular weight excluding hydrogens is 264 g/mol. The molecule has 4 nitrogen and oxygen atoms in total. The smallest absolute Gasteiger partial charge is 0.269 e. The zero-order chi connectivity index (χ0) is 14.8. The zero-order valence-electron chi connectivity index (χ0n) is 12.0. The topological polar surface area (TPSA) is 46.4 Å². The van der Waals surface area contributed by atoms with Crippen molar-refractivity contribution < 1.29 is 4.92 Å². The highest BCUT2D eigenvalue weighted by Crippen LogP contribution is 2.34. The van der Waals surface area contributed by atoms with E-state index in [1.807, 2.05) is 12.1 Å². The number of nitro groups is 1. The number of hydrogen-bond acceptors (Lipinski definition) is 3. The molecule has 0 amide bonds. The molecule has 0 N–H and O–H groups in total. The van der Waals surface area contributed by atoms with Crippen LogP contribution in [0.3, 0.4) is 0 Å². The van der Waals surface area contributed by atoms with Gasteiger partial charge in [0, 0.05) is 30.4 Å². The Balaban J connectivity index is 1.77. The summed E-state index contributed by atoms with van der Waals surface area (Å²) in [6.07, 6.45) is 1.87. The minimum atomic E-state index is -0.322. The second-order valence-electron chi connectivity index (χ2n) is 5.55. The van der Waals surface area contributed by atoms with Gasteiger partial charge in [-0.15, -0.1) is 0 Å². The number of non-ortho nitro benzene ring substituents is 1. The Bertz CT molecular complexity index is 655. The van der Waals surface area contributed by atoms with Crippen molar-refractivity contribution in [2.75, 3.05) is 11.4 Å². The molecule has 0 radical (unpaired) electrons. The normalized spacial score (nSPS) is 16.8. The van der Waals surface area contributed by atoms with Gasteiger partial charge in [0.15, 0.2) is 0 Å². The van der Waals surface area contributed by atoms with Crippen molar-refractivity contribution in [3.8, 4) is 0 Å². The van der Waals surface area contributed by atoms with E-state index in [1.165, 1.54) is 5.56 Å². The summed E-state index contributed by atoms with van der Waals surface area (Å²) in [5, 5.41) is 10.9. The average Bonchev–Trinajstić information content (AvgIpc) is 2.80. The predicted molar refractivity (Wildman–Crippen MR) is 83.8 cm³/mol. The summed E-state index contributed by atoms with van der Waals surface area (Å²) in [5.41, 5.74) is 3.74. The van der Waals surface area contributed by atoms with Gasteiger partial charge in [0.05, 0.1) is 4.92 Å². The van der Waals surface area contributed by atoms with E-state index >= 15 is 0 Å². The number of anilines is 1. The van der Waals surface area contributed by atoms with E-state index < -0.39 is 0 Å². The lowest BCUT2D eigenvalue weighted by Gasteiger charge is -2.24. The third kappa shape index (κ3) is 2.75.